The summed E-state index contributed by atoms with van der Waals surface area (Å²) in [6.45, 7) is 7.90. The number of carbonyl (C=O) groups is 2. The van der Waals surface area contributed by atoms with E-state index in [0.29, 0.717) is 6.42 Å². The molecule has 1 atom stereocenters. The lowest BCUT2D eigenvalue weighted by Crippen LogP contribution is -2.39. The van der Waals surface area contributed by atoms with E-state index in [4.69, 9.17) is 5.73 Å². The highest BCUT2D eigenvalue weighted by Gasteiger charge is 2.11. The molecular formula is C16H28N2O2. The molecule has 1 aliphatic carbocycles. The minimum atomic E-state index is -0.501. The normalized spacial score (nSPS) is 13.6. The van der Waals surface area contributed by atoms with Gasteiger partial charge >= 0.3 is 0 Å². The Hall–Kier alpha value is -1.68. The molecule has 3 N–H and O–H groups in total. The Balaban J connectivity index is 0. The molecule has 0 aromatic rings. The van der Waals surface area contributed by atoms with Crippen LogP contribution in [0.25, 0.3) is 0 Å². The van der Waals surface area contributed by atoms with Gasteiger partial charge in [-0.2, -0.15) is 0 Å². The molecule has 0 aliphatic heterocycles. The fourth-order valence-electron chi connectivity index (χ4n) is 1.41. The summed E-state index contributed by atoms with van der Waals surface area (Å²) < 4.78 is 0. The molecule has 20 heavy (non-hydrogen) atoms. The van der Waals surface area contributed by atoms with Crippen molar-refractivity contribution >= 4 is 12.2 Å². The van der Waals surface area contributed by atoms with Crippen LogP contribution in [0.3, 0.4) is 0 Å². The van der Waals surface area contributed by atoms with Gasteiger partial charge in [0.2, 0.25) is 5.91 Å². The molecule has 0 spiro atoms. The van der Waals surface area contributed by atoms with Crippen LogP contribution < -0.4 is 11.1 Å². The number of nitrogens with two attached hydrogens (primary N) is 1. The second-order valence-electron chi connectivity index (χ2n) is 3.53. The van der Waals surface area contributed by atoms with Gasteiger partial charge in [0.25, 0.3) is 0 Å². The van der Waals surface area contributed by atoms with Crippen LogP contribution in [0.15, 0.2) is 36.0 Å². The Labute approximate surface area is 122 Å². The molecule has 0 radical (unpaired) electrons. The summed E-state index contributed by atoms with van der Waals surface area (Å²) in [5.41, 5.74) is 6.18. The van der Waals surface area contributed by atoms with Crippen molar-refractivity contribution < 1.29 is 9.59 Å². The Morgan fingerprint density at radius 1 is 1.35 bits per heavy atom. The number of rotatable bonds is 5. The molecule has 4 nitrogen and oxygen atoms in total. The maximum absolute atomic E-state index is 11.0. The zero-order chi connectivity index (χ0) is 15.8. The van der Waals surface area contributed by atoms with Gasteiger partial charge < -0.3 is 15.8 Å². The van der Waals surface area contributed by atoms with E-state index in [1.54, 1.807) is 0 Å². The van der Waals surface area contributed by atoms with Crippen molar-refractivity contribution in [3.05, 3.63) is 36.0 Å². The molecule has 0 heterocycles. The van der Waals surface area contributed by atoms with E-state index >= 15 is 0 Å². The van der Waals surface area contributed by atoms with E-state index in [2.05, 4.69) is 5.32 Å². The second-order valence-corrected chi connectivity index (χ2v) is 3.53. The summed E-state index contributed by atoms with van der Waals surface area (Å²) in [4.78, 5) is 21.8. The fraction of sp³-hybridized carbons (Fsp3) is 0.500. The van der Waals surface area contributed by atoms with Crippen LogP contribution in [0, 0.1) is 0 Å². The molecule has 0 fully saturated rings. The zero-order valence-corrected chi connectivity index (χ0v) is 13.1. The van der Waals surface area contributed by atoms with Crippen molar-refractivity contribution in [1.29, 1.82) is 0 Å². The third-order valence-corrected chi connectivity index (χ3v) is 2.20. The first kappa shape index (κ1) is 20.6. The van der Waals surface area contributed by atoms with Crippen LogP contribution in [0.4, 0.5) is 0 Å². The molecule has 0 aromatic heterocycles. The van der Waals surface area contributed by atoms with Crippen LogP contribution in [0.5, 0.6) is 0 Å². The van der Waals surface area contributed by atoms with Crippen molar-refractivity contribution in [2.24, 2.45) is 5.73 Å². The van der Waals surface area contributed by atoms with Gasteiger partial charge in [-0.15, -0.1) is 0 Å². The van der Waals surface area contributed by atoms with E-state index in [-0.39, 0.29) is 12.5 Å². The molecule has 4 heteroatoms. The number of carbonyl (C=O) groups excluding carboxylic acids is 2. The molecule has 1 amide bonds. The van der Waals surface area contributed by atoms with Gasteiger partial charge in [0.1, 0.15) is 6.29 Å². The van der Waals surface area contributed by atoms with Gasteiger partial charge in [-0.25, -0.2) is 0 Å². The summed E-state index contributed by atoms with van der Waals surface area (Å²) in [7, 11) is 0. The Kier molecular flexibility index (Phi) is 15.9. The van der Waals surface area contributed by atoms with E-state index in [1.807, 2.05) is 58.1 Å². The fourth-order valence-corrected chi connectivity index (χ4v) is 1.41. The molecule has 0 aromatic carbocycles. The van der Waals surface area contributed by atoms with Crippen molar-refractivity contribution in [2.75, 3.05) is 6.54 Å². The first-order valence-corrected chi connectivity index (χ1v) is 7.23. The van der Waals surface area contributed by atoms with Gasteiger partial charge in [0.05, 0.1) is 12.6 Å². The lowest BCUT2D eigenvalue weighted by atomic mass is 10.1. The molecule has 114 valence electrons. The maximum atomic E-state index is 11.0. The van der Waals surface area contributed by atoms with Gasteiger partial charge in [-0.1, -0.05) is 58.1 Å². The number of hydrogen-bond donors (Lipinski definition) is 2. The highest BCUT2D eigenvalue weighted by Crippen LogP contribution is 2.10. The quantitative estimate of drug-likeness (QED) is 0.760. The first-order valence-electron chi connectivity index (χ1n) is 7.23. The van der Waals surface area contributed by atoms with E-state index < -0.39 is 6.04 Å². The van der Waals surface area contributed by atoms with Crippen molar-refractivity contribution in [3.63, 3.8) is 0 Å². The monoisotopic (exact) mass is 280 g/mol. The standard InChI is InChI=1S/C12H16N2O2.2C2H6/c13-8-12(16)14-11(9-15)7-10-5-3-1-2-4-6-10;2*1-2/h1,3-6,9,11H,2,7-8,13H2,(H,14,16);2*1-2H3. The lowest BCUT2D eigenvalue weighted by molar-refractivity contribution is -0.122. The van der Waals surface area contributed by atoms with Crippen molar-refractivity contribution in [2.45, 2.75) is 46.6 Å². The van der Waals surface area contributed by atoms with Gasteiger partial charge in [0.15, 0.2) is 0 Å². The van der Waals surface area contributed by atoms with Crippen LogP contribution >= 0.6 is 0 Å². The Morgan fingerprint density at radius 3 is 2.55 bits per heavy atom. The molecule has 1 unspecified atom stereocenters. The summed E-state index contributed by atoms with van der Waals surface area (Å²) in [5, 5.41) is 2.55. The molecular weight excluding hydrogens is 252 g/mol. The number of allylic oxidation sites excluding steroid dienone is 5. The number of aldehydes is 1. The predicted octanol–water partition coefficient (Wildman–Crippen LogP) is 2.51. The minimum absolute atomic E-state index is 0.0981. The predicted molar refractivity (Wildman–Crippen MR) is 85.3 cm³/mol. The first-order chi connectivity index (χ1) is 9.76. The number of nitrogens with one attached hydrogen (secondary N) is 1. The van der Waals surface area contributed by atoms with Crippen LogP contribution in [0.1, 0.15) is 40.5 Å². The number of amides is 1. The molecule has 1 aliphatic rings. The smallest absolute Gasteiger partial charge is 0.234 e. The van der Waals surface area contributed by atoms with Gasteiger partial charge in [-0.05, 0) is 18.4 Å². The molecule has 0 bridgehead atoms. The van der Waals surface area contributed by atoms with Crippen LogP contribution in [0.2, 0.25) is 0 Å². The third-order valence-electron chi connectivity index (χ3n) is 2.20. The second kappa shape index (κ2) is 15.4. The van der Waals surface area contributed by atoms with E-state index in [9.17, 15) is 9.59 Å². The van der Waals surface area contributed by atoms with Gasteiger partial charge in [0, 0.05) is 0 Å². The highest BCUT2D eigenvalue weighted by molar-refractivity contribution is 5.81. The number of hydrogen-bond acceptors (Lipinski definition) is 3. The highest BCUT2D eigenvalue weighted by atomic mass is 16.2. The van der Waals surface area contributed by atoms with E-state index in [1.165, 1.54) is 0 Å². The van der Waals surface area contributed by atoms with Crippen LogP contribution in [-0.4, -0.2) is 24.8 Å². The lowest BCUT2D eigenvalue weighted by Gasteiger charge is -2.12. The third kappa shape index (κ3) is 10.3. The topological polar surface area (TPSA) is 72.2 Å². The summed E-state index contributed by atoms with van der Waals surface area (Å²) in [6, 6.07) is -0.501. The average Bonchev–Trinajstić information content (AvgIpc) is 2.79. The largest absolute Gasteiger partial charge is 0.345 e. The Bertz CT molecular complexity index is 344. The van der Waals surface area contributed by atoms with Gasteiger partial charge in [-0.3, -0.25) is 4.79 Å². The molecule has 1 rings (SSSR count). The maximum Gasteiger partial charge on any atom is 0.234 e. The molecule has 0 saturated carbocycles. The zero-order valence-electron chi connectivity index (χ0n) is 13.1. The average molecular weight is 280 g/mol. The summed E-state index contributed by atoms with van der Waals surface area (Å²) in [5.74, 6) is -0.314. The van der Waals surface area contributed by atoms with Crippen LogP contribution in [-0.2, 0) is 9.59 Å². The SMILES string of the molecule is CC.CC.NCC(=O)NC(C=O)CC1=CC=CCC=C1. The molecule has 0 saturated heterocycles. The van der Waals surface area contributed by atoms with Crippen molar-refractivity contribution in [1.82, 2.24) is 5.32 Å². The Morgan fingerprint density at radius 2 is 2.00 bits per heavy atom. The summed E-state index contributed by atoms with van der Waals surface area (Å²) in [6.07, 6.45) is 12.0. The van der Waals surface area contributed by atoms with Crippen molar-refractivity contribution in [3.8, 4) is 0 Å². The minimum Gasteiger partial charge on any atom is -0.345 e. The van der Waals surface area contributed by atoms with E-state index in [0.717, 1.165) is 18.3 Å². The summed E-state index contributed by atoms with van der Waals surface area (Å²) >= 11 is 0.